The van der Waals surface area contributed by atoms with Gasteiger partial charge in [0.2, 0.25) is 0 Å². The van der Waals surface area contributed by atoms with Crippen LogP contribution in [-0.4, -0.2) is 27.0 Å². The Labute approximate surface area is 125 Å². The number of aromatic nitrogens is 2. The third-order valence-corrected chi connectivity index (χ3v) is 4.78. The number of aromatic carboxylic acids is 1. The summed E-state index contributed by atoms with van der Waals surface area (Å²) < 4.78 is 0. The Balaban J connectivity index is 1.85. The van der Waals surface area contributed by atoms with Gasteiger partial charge in [0.25, 0.3) is 5.91 Å². The highest BCUT2D eigenvalue weighted by atomic mass is 32.1. The number of carbonyl (C=O) groups is 2. The van der Waals surface area contributed by atoms with Gasteiger partial charge in [-0.05, 0) is 37.1 Å². The van der Waals surface area contributed by atoms with Crippen LogP contribution in [0.15, 0.2) is 17.0 Å². The molecule has 0 aliphatic heterocycles. The van der Waals surface area contributed by atoms with Crippen molar-refractivity contribution >= 4 is 23.2 Å². The van der Waals surface area contributed by atoms with Crippen molar-refractivity contribution in [2.45, 2.75) is 31.7 Å². The van der Waals surface area contributed by atoms with E-state index in [1.165, 1.54) is 17.5 Å². The van der Waals surface area contributed by atoms with Gasteiger partial charge in [0.15, 0.2) is 0 Å². The van der Waals surface area contributed by atoms with Crippen LogP contribution in [0.5, 0.6) is 0 Å². The quantitative estimate of drug-likeness (QED) is 0.807. The average molecular weight is 305 g/mol. The summed E-state index contributed by atoms with van der Waals surface area (Å²) in [6.45, 7) is 1.90. The minimum atomic E-state index is -1.05. The van der Waals surface area contributed by atoms with Crippen molar-refractivity contribution in [1.82, 2.24) is 15.3 Å². The number of aryl methyl sites for hydroxylation is 1. The molecule has 21 heavy (non-hydrogen) atoms. The van der Waals surface area contributed by atoms with Crippen LogP contribution >= 0.6 is 11.3 Å². The number of carboxylic acid groups (broad SMARTS) is 1. The summed E-state index contributed by atoms with van der Waals surface area (Å²) in [5.74, 6) is -0.669. The Kier molecular flexibility index (Phi) is 3.29. The molecule has 0 spiro atoms. The van der Waals surface area contributed by atoms with Gasteiger partial charge in [0.1, 0.15) is 11.5 Å². The molecule has 1 fully saturated rings. The highest BCUT2D eigenvalue weighted by Crippen LogP contribution is 2.40. The number of rotatable bonds is 4. The first-order chi connectivity index (χ1) is 10.0. The maximum atomic E-state index is 12.4. The van der Waals surface area contributed by atoms with E-state index >= 15 is 0 Å². The number of aromatic amines is 1. The summed E-state index contributed by atoms with van der Waals surface area (Å²) in [4.78, 5) is 30.3. The van der Waals surface area contributed by atoms with E-state index in [0.29, 0.717) is 11.4 Å². The largest absolute Gasteiger partial charge is 0.477 e. The van der Waals surface area contributed by atoms with E-state index in [1.54, 1.807) is 0 Å². The molecule has 3 rings (SSSR count). The van der Waals surface area contributed by atoms with Crippen LogP contribution in [0.2, 0.25) is 0 Å². The summed E-state index contributed by atoms with van der Waals surface area (Å²) in [5.41, 5.74) is 1.07. The minimum absolute atomic E-state index is 0.0391. The molecule has 2 heterocycles. The second-order valence-corrected chi connectivity index (χ2v) is 6.05. The number of H-pyrrole nitrogens is 1. The normalized spacial score (nSPS) is 16.2. The van der Waals surface area contributed by atoms with Crippen LogP contribution in [0.1, 0.15) is 51.5 Å². The van der Waals surface area contributed by atoms with E-state index in [4.69, 9.17) is 5.11 Å². The van der Waals surface area contributed by atoms with Crippen molar-refractivity contribution in [3.8, 4) is 0 Å². The van der Waals surface area contributed by atoms with Crippen LogP contribution in [0.4, 0.5) is 0 Å². The Hall–Kier alpha value is -2.15. The number of amides is 1. The van der Waals surface area contributed by atoms with Crippen LogP contribution < -0.4 is 5.32 Å². The standard InChI is InChI=1S/C14H15N3O3S/c1-8-6-21-7-9(8)11(18)17-14(3-2-4-14)13-15-5-10(16-13)12(19)20/h5-7H,2-4H2,1H3,(H,15,16)(H,17,18)(H,19,20). The molecule has 7 heteroatoms. The van der Waals surface area contributed by atoms with E-state index in [1.807, 2.05) is 17.7 Å². The summed E-state index contributed by atoms with van der Waals surface area (Å²) in [6.07, 6.45) is 3.79. The fourth-order valence-corrected chi connectivity index (χ4v) is 3.33. The number of hydrogen-bond acceptors (Lipinski definition) is 4. The topological polar surface area (TPSA) is 95.1 Å². The van der Waals surface area contributed by atoms with E-state index < -0.39 is 11.5 Å². The molecule has 2 aromatic rings. The zero-order valence-electron chi connectivity index (χ0n) is 11.5. The second-order valence-electron chi connectivity index (χ2n) is 5.31. The molecule has 1 aliphatic rings. The highest BCUT2D eigenvalue weighted by Gasteiger charge is 2.43. The fraction of sp³-hybridized carbons (Fsp3) is 0.357. The van der Waals surface area contributed by atoms with E-state index in [0.717, 1.165) is 24.8 Å². The summed E-state index contributed by atoms with van der Waals surface area (Å²) >= 11 is 1.49. The van der Waals surface area contributed by atoms with Crippen LogP contribution in [0.25, 0.3) is 0 Å². The Morgan fingerprint density at radius 2 is 2.19 bits per heavy atom. The van der Waals surface area contributed by atoms with Crippen LogP contribution in [0.3, 0.4) is 0 Å². The maximum absolute atomic E-state index is 12.4. The monoisotopic (exact) mass is 305 g/mol. The fourth-order valence-electron chi connectivity index (χ4n) is 2.50. The second kappa shape index (κ2) is 5.00. The number of imidazole rings is 1. The van der Waals surface area contributed by atoms with Crippen LogP contribution in [-0.2, 0) is 5.54 Å². The lowest BCUT2D eigenvalue weighted by Gasteiger charge is -2.40. The summed E-state index contributed by atoms with van der Waals surface area (Å²) in [5, 5.41) is 15.7. The molecular weight excluding hydrogens is 290 g/mol. The predicted molar refractivity (Wildman–Crippen MR) is 77.6 cm³/mol. The van der Waals surface area contributed by atoms with Crippen LogP contribution in [0, 0.1) is 6.92 Å². The zero-order valence-corrected chi connectivity index (χ0v) is 12.3. The van der Waals surface area contributed by atoms with Gasteiger partial charge in [-0.1, -0.05) is 0 Å². The Morgan fingerprint density at radius 3 is 2.67 bits per heavy atom. The average Bonchev–Trinajstić information content (AvgIpc) is 3.02. The number of nitrogens with one attached hydrogen (secondary N) is 2. The number of nitrogens with zero attached hydrogens (tertiary/aromatic N) is 1. The Bertz CT molecular complexity index is 700. The molecular formula is C14H15N3O3S. The lowest BCUT2D eigenvalue weighted by atomic mass is 9.76. The van der Waals surface area contributed by atoms with Crippen molar-refractivity contribution in [1.29, 1.82) is 0 Å². The molecule has 0 aromatic carbocycles. The van der Waals surface area contributed by atoms with Crippen molar-refractivity contribution < 1.29 is 14.7 Å². The first-order valence-corrected chi connectivity index (χ1v) is 7.60. The first kappa shape index (κ1) is 13.8. The highest BCUT2D eigenvalue weighted by molar-refractivity contribution is 7.08. The summed E-state index contributed by atoms with van der Waals surface area (Å²) in [7, 11) is 0. The van der Waals surface area contributed by atoms with Gasteiger partial charge in [-0.2, -0.15) is 11.3 Å². The molecule has 0 unspecified atom stereocenters. The molecule has 0 saturated heterocycles. The van der Waals surface area contributed by atoms with Crippen molar-refractivity contribution in [2.75, 3.05) is 0 Å². The van der Waals surface area contributed by atoms with Crippen molar-refractivity contribution in [3.63, 3.8) is 0 Å². The van der Waals surface area contributed by atoms with Crippen molar-refractivity contribution in [2.24, 2.45) is 0 Å². The smallest absolute Gasteiger partial charge is 0.353 e. The zero-order chi connectivity index (χ0) is 15.0. The van der Waals surface area contributed by atoms with E-state index in [9.17, 15) is 9.59 Å². The summed E-state index contributed by atoms with van der Waals surface area (Å²) in [6, 6.07) is 0. The molecule has 2 aromatic heterocycles. The molecule has 110 valence electrons. The number of thiophene rings is 1. The van der Waals surface area contributed by atoms with Gasteiger partial charge in [-0.25, -0.2) is 9.78 Å². The van der Waals surface area contributed by atoms with Gasteiger partial charge in [0.05, 0.1) is 17.3 Å². The molecule has 0 radical (unpaired) electrons. The first-order valence-electron chi connectivity index (χ1n) is 6.66. The van der Waals surface area contributed by atoms with Gasteiger partial charge in [0, 0.05) is 5.38 Å². The Morgan fingerprint density at radius 1 is 1.43 bits per heavy atom. The van der Waals surface area contributed by atoms with Gasteiger partial charge in [-0.3, -0.25) is 4.79 Å². The molecule has 0 atom stereocenters. The number of hydrogen-bond donors (Lipinski definition) is 3. The number of carboxylic acids is 1. The van der Waals surface area contributed by atoms with E-state index in [-0.39, 0.29) is 11.6 Å². The minimum Gasteiger partial charge on any atom is -0.477 e. The van der Waals surface area contributed by atoms with Gasteiger partial charge in [-0.15, -0.1) is 0 Å². The molecule has 6 nitrogen and oxygen atoms in total. The molecule has 1 aliphatic carbocycles. The molecule has 0 bridgehead atoms. The van der Waals surface area contributed by atoms with Gasteiger partial charge < -0.3 is 15.4 Å². The SMILES string of the molecule is Cc1cscc1C(=O)NC1(c2ncc(C(=O)O)[nH]2)CCC1. The predicted octanol–water partition coefficient (Wildman–Crippen LogP) is 2.29. The molecule has 1 saturated carbocycles. The number of carbonyl (C=O) groups excluding carboxylic acids is 1. The maximum Gasteiger partial charge on any atom is 0.353 e. The third-order valence-electron chi connectivity index (χ3n) is 3.92. The lowest BCUT2D eigenvalue weighted by molar-refractivity contribution is 0.0690. The molecule has 1 amide bonds. The van der Waals surface area contributed by atoms with Crippen molar-refractivity contribution in [3.05, 3.63) is 39.6 Å². The third kappa shape index (κ3) is 2.33. The lowest BCUT2D eigenvalue weighted by Crippen LogP contribution is -2.51. The molecule has 3 N–H and O–H groups in total. The van der Waals surface area contributed by atoms with E-state index in [2.05, 4.69) is 15.3 Å². The van der Waals surface area contributed by atoms with Gasteiger partial charge >= 0.3 is 5.97 Å².